The summed E-state index contributed by atoms with van der Waals surface area (Å²) in [6, 6.07) is 19.0. The molecule has 0 radical (unpaired) electrons. The highest BCUT2D eigenvalue weighted by molar-refractivity contribution is 7.98. The van der Waals surface area contributed by atoms with Gasteiger partial charge in [0, 0.05) is 5.75 Å². The molecule has 0 bridgehead atoms. The van der Waals surface area contributed by atoms with Gasteiger partial charge in [0.05, 0.1) is 15.6 Å². The Hall–Kier alpha value is -2.24. The van der Waals surface area contributed by atoms with Gasteiger partial charge in [-0.15, -0.1) is 21.5 Å². The molecule has 0 saturated carbocycles. The molecular formula is C20H17N3S2. The summed E-state index contributed by atoms with van der Waals surface area (Å²) in [7, 11) is 0. The molecule has 0 amide bonds. The quantitative estimate of drug-likeness (QED) is 0.438. The number of rotatable bonds is 4. The van der Waals surface area contributed by atoms with Crippen LogP contribution in [0.2, 0.25) is 0 Å². The average Bonchev–Trinajstić information content (AvgIpc) is 2.98. The molecule has 0 aliphatic rings. The molecule has 25 heavy (non-hydrogen) atoms. The Morgan fingerprint density at radius 3 is 2.52 bits per heavy atom. The Labute approximate surface area is 155 Å². The Morgan fingerprint density at radius 2 is 1.76 bits per heavy atom. The van der Waals surface area contributed by atoms with E-state index in [2.05, 4.69) is 57.6 Å². The number of aromatic nitrogens is 3. The maximum Gasteiger partial charge on any atom is 0.119 e. The van der Waals surface area contributed by atoms with Crippen LogP contribution < -0.4 is 0 Å². The summed E-state index contributed by atoms with van der Waals surface area (Å²) in [5.41, 5.74) is 3.24. The number of thiazole rings is 1. The van der Waals surface area contributed by atoms with Crippen molar-refractivity contribution in [3.8, 4) is 10.6 Å². The molecule has 124 valence electrons. The fourth-order valence-electron chi connectivity index (χ4n) is 2.86. The molecule has 3 nitrogen and oxygen atoms in total. The Kier molecular flexibility index (Phi) is 4.51. The van der Waals surface area contributed by atoms with Gasteiger partial charge in [-0.2, -0.15) is 0 Å². The zero-order valence-corrected chi connectivity index (χ0v) is 15.7. The van der Waals surface area contributed by atoms with Crippen LogP contribution in [0.4, 0.5) is 0 Å². The van der Waals surface area contributed by atoms with E-state index in [1.54, 1.807) is 23.1 Å². The highest BCUT2D eigenvalue weighted by Gasteiger charge is 2.10. The molecule has 0 unspecified atom stereocenters. The van der Waals surface area contributed by atoms with Crippen molar-refractivity contribution in [2.24, 2.45) is 0 Å². The van der Waals surface area contributed by atoms with Gasteiger partial charge in [-0.3, -0.25) is 0 Å². The van der Waals surface area contributed by atoms with Crippen LogP contribution in [0.1, 0.15) is 16.3 Å². The van der Waals surface area contributed by atoms with Gasteiger partial charge in [-0.05, 0) is 42.3 Å². The van der Waals surface area contributed by atoms with Crippen LogP contribution in [0.25, 0.3) is 21.3 Å². The normalized spacial score (nSPS) is 11.1. The molecule has 2 aromatic carbocycles. The van der Waals surface area contributed by atoms with Crippen molar-refractivity contribution in [3.05, 3.63) is 70.9 Å². The van der Waals surface area contributed by atoms with E-state index in [1.807, 2.05) is 26.0 Å². The Morgan fingerprint density at radius 1 is 0.920 bits per heavy atom. The molecular weight excluding hydrogens is 346 g/mol. The molecule has 0 atom stereocenters. The van der Waals surface area contributed by atoms with Crippen LogP contribution in [0.5, 0.6) is 0 Å². The highest BCUT2D eigenvalue weighted by atomic mass is 32.2. The van der Waals surface area contributed by atoms with E-state index < -0.39 is 0 Å². The van der Waals surface area contributed by atoms with Crippen LogP contribution in [-0.4, -0.2) is 15.2 Å². The Bertz CT molecular complexity index is 1020. The van der Waals surface area contributed by atoms with Crippen LogP contribution in [0.15, 0.2) is 59.6 Å². The minimum Gasteiger partial charge on any atom is -0.246 e. The number of nitrogens with zero attached hydrogens (tertiary/aromatic N) is 3. The smallest absolute Gasteiger partial charge is 0.119 e. The van der Waals surface area contributed by atoms with Gasteiger partial charge in [0.25, 0.3) is 0 Å². The number of fused-ring (bicyclic) bond motifs is 1. The first-order valence-corrected chi connectivity index (χ1v) is 9.88. The SMILES string of the molecule is Cc1nc(C)c(-c2ccc(SCc3cccc4ccccc34)nn2)s1. The van der Waals surface area contributed by atoms with Crippen molar-refractivity contribution < 1.29 is 0 Å². The predicted molar refractivity (Wildman–Crippen MR) is 106 cm³/mol. The summed E-state index contributed by atoms with van der Waals surface area (Å²) in [6.45, 7) is 4.03. The monoisotopic (exact) mass is 363 g/mol. The summed E-state index contributed by atoms with van der Waals surface area (Å²) in [6.07, 6.45) is 0. The van der Waals surface area contributed by atoms with Crippen molar-refractivity contribution in [1.82, 2.24) is 15.2 Å². The summed E-state index contributed by atoms with van der Waals surface area (Å²) in [5.74, 6) is 0.883. The molecule has 4 rings (SSSR count). The van der Waals surface area contributed by atoms with Crippen LogP contribution in [-0.2, 0) is 5.75 Å². The van der Waals surface area contributed by atoms with Crippen molar-refractivity contribution in [3.63, 3.8) is 0 Å². The molecule has 5 heteroatoms. The van der Waals surface area contributed by atoms with E-state index in [1.165, 1.54) is 16.3 Å². The summed E-state index contributed by atoms with van der Waals surface area (Å²) >= 11 is 3.38. The lowest BCUT2D eigenvalue weighted by molar-refractivity contribution is 0.936. The van der Waals surface area contributed by atoms with E-state index in [0.717, 1.165) is 32.1 Å². The molecule has 0 aliphatic carbocycles. The minimum atomic E-state index is 0.883. The maximum absolute atomic E-state index is 4.46. The number of hydrogen-bond donors (Lipinski definition) is 0. The van der Waals surface area contributed by atoms with Gasteiger partial charge in [-0.1, -0.05) is 54.2 Å². The lowest BCUT2D eigenvalue weighted by Gasteiger charge is -2.06. The zero-order valence-electron chi connectivity index (χ0n) is 14.1. The third-order valence-corrected chi connectivity index (χ3v) is 6.10. The van der Waals surface area contributed by atoms with Gasteiger partial charge in [-0.25, -0.2) is 4.98 Å². The third kappa shape index (κ3) is 3.43. The zero-order chi connectivity index (χ0) is 17.2. The number of benzene rings is 2. The summed E-state index contributed by atoms with van der Waals surface area (Å²) in [5, 5.41) is 13.4. The van der Waals surface area contributed by atoms with Crippen LogP contribution in [0.3, 0.4) is 0 Å². The molecule has 4 aromatic rings. The van der Waals surface area contributed by atoms with E-state index in [0.29, 0.717) is 0 Å². The average molecular weight is 364 g/mol. The first kappa shape index (κ1) is 16.2. The third-order valence-electron chi connectivity index (χ3n) is 4.03. The summed E-state index contributed by atoms with van der Waals surface area (Å²) in [4.78, 5) is 5.57. The van der Waals surface area contributed by atoms with Gasteiger partial charge >= 0.3 is 0 Å². The lowest BCUT2D eigenvalue weighted by atomic mass is 10.1. The molecule has 0 fully saturated rings. The summed E-state index contributed by atoms with van der Waals surface area (Å²) < 4.78 is 0. The van der Waals surface area contributed by atoms with Crippen molar-refractivity contribution in [2.45, 2.75) is 24.6 Å². The van der Waals surface area contributed by atoms with Crippen molar-refractivity contribution in [1.29, 1.82) is 0 Å². The second kappa shape index (κ2) is 6.94. The Balaban J connectivity index is 1.52. The topological polar surface area (TPSA) is 38.7 Å². The predicted octanol–water partition coefficient (Wildman–Crippen LogP) is 5.66. The van der Waals surface area contributed by atoms with Gasteiger partial charge in [0.15, 0.2) is 0 Å². The van der Waals surface area contributed by atoms with Crippen LogP contribution in [0, 0.1) is 13.8 Å². The first-order valence-electron chi connectivity index (χ1n) is 8.08. The fraction of sp³-hybridized carbons (Fsp3) is 0.150. The van der Waals surface area contributed by atoms with E-state index >= 15 is 0 Å². The second-order valence-electron chi connectivity index (χ2n) is 5.83. The van der Waals surface area contributed by atoms with Gasteiger partial charge in [0.1, 0.15) is 10.7 Å². The van der Waals surface area contributed by atoms with Crippen molar-refractivity contribution in [2.75, 3.05) is 0 Å². The van der Waals surface area contributed by atoms with E-state index in [9.17, 15) is 0 Å². The van der Waals surface area contributed by atoms with E-state index in [4.69, 9.17) is 0 Å². The van der Waals surface area contributed by atoms with Gasteiger partial charge in [0.2, 0.25) is 0 Å². The van der Waals surface area contributed by atoms with Crippen LogP contribution >= 0.6 is 23.1 Å². The number of thioether (sulfide) groups is 1. The first-order chi connectivity index (χ1) is 12.2. The second-order valence-corrected chi connectivity index (χ2v) is 8.03. The molecule has 0 saturated heterocycles. The lowest BCUT2D eigenvalue weighted by Crippen LogP contribution is -1.90. The molecule has 0 N–H and O–H groups in total. The molecule has 0 aliphatic heterocycles. The highest BCUT2D eigenvalue weighted by Crippen LogP contribution is 2.30. The molecule has 2 aromatic heterocycles. The standard InChI is InChI=1S/C20H17N3S2/c1-13-20(25-14(2)21-13)18-10-11-19(23-22-18)24-12-16-8-5-7-15-6-3-4-9-17(15)16/h3-11H,12H2,1-2H3. The number of aryl methyl sites for hydroxylation is 2. The maximum atomic E-state index is 4.46. The molecule has 0 spiro atoms. The fourth-order valence-corrected chi connectivity index (χ4v) is 4.56. The van der Waals surface area contributed by atoms with E-state index in [-0.39, 0.29) is 0 Å². The molecule has 2 heterocycles. The number of hydrogen-bond acceptors (Lipinski definition) is 5. The largest absolute Gasteiger partial charge is 0.246 e. The van der Waals surface area contributed by atoms with Gasteiger partial charge < -0.3 is 0 Å². The van der Waals surface area contributed by atoms with Crippen molar-refractivity contribution >= 4 is 33.9 Å². The minimum absolute atomic E-state index is 0.883.